The van der Waals surface area contributed by atoms with E-state index < -0.39 is 0 Å². The predicted molar refractivity (Wildman–Crippen MR) is 97.4 cm³/mol. The van der Waals surface area contributed by atoms with E-state index in [-0.39, 0.29) is 17.9 Å². The molecular weight excluding hydrogens is 314 g/mol. The van der Waals surface area contributed by atoms with Gasteiger partial charge in [0, 0.05) is 13.3 Å². The van der Waals surface area contributed by atoms with Crippen molar-refractivity contribution >= 4 is 17.6 Å². The second-order valence-electron chi connectivity index (χ2n) is 6.25. The lowest BCUT2D eigenvalue weighted by atomic mass is 10.0. The number of rotatable bonds is 5. The van der Waals surface area contributed by atoms with Crippen LogP contribution in [0.4, 0.5) is 5.69 Å². The molecule has 0 spiro atoms. The summed E-state index contributed by atoms with van der Waals surface area (Å²) in [5.41, 5.74) is 4.28. The minimum Gasteiger partial charge on any atom is -0.466 e. The van der Waals surface area contributed by atoms with Crippen LogP contribution in [0.5, 0.6) is 0 Å². The third-order valence-electron chi connectivity index (χ3n) is 4.60. The van der Waals surface area contributed by atoms with Gasteiger partial charge < -0.3 is 9.64 Å². The first kappa shape index (κ1) is 17.2. The maximum Gasteiger partial charge on any atom is 0.306 e. The highest BCUT2D eigenvalue weighted by Crippen LogP contribution is 2.42. The number of benzene rings is 2. The van der Waals surface area contributed by atoms with Crippen molar-refractivity contribution in [3.63, 3.8) is 0 Å². The van der Waals surface area contributed by atoms with Crippen molar-refractivity contribution in [1.82, 2.24) is 0 Å². The lowest BCUT2D eigenvalue weighted by Crippen LogP contribution is -2.30. The first-order valence-electron chi connectivity index (χ1n) is 8.73. The summed E-state index contributed by atoms with van der Waals surface area (Å²) in [6, 6.07) is 16.2. The maximum atomic E-state index is 12.4. The van der Waals surface area contributed by atoms with Crippen LogP contribution in [0.25, 0.3) is 0 Å². The largest absolute Gasteiger partial charge is 0.466 e. The van der Waals surface area contributed by atoms with Crippen molar-refractivity contribution < 1.29 is 14.3 Å². The number of hydrogen-bond acceptors (Lipinski definition) is 3. The zero-order chi connectivity index (χ0) is 17.8. The van der Waals surface area contributed by atoms with Crippen LogP contribution in [0.1, 0.15) is 43.0 Å². The normalized spacial score (nSPS) is 15.8. The van der Waals surface area contributed by atoms with E-state index >= 15 is 0 Å². The molecule has 0 fully saturated rings. The molecule has 4 nitrogen and oxygen atoms in total. The molecule has 2 aromatic carbocycles. The topological polar surface area (TPSA) is 46.6 Å². The molecule has 2 aromatic rings. The maximum absolute atomic E-state index is 12.4. The standard InChI is InChI=1S/C21H23NO3/c1-3-25-20(24)13-12-17-10-7-11-18-14-19(16-8-5-4-6-9-16)22(15(2)23)21(17)18/h4-11,19H,3,12-14H2,1-2H3. The molecule has 0 aliphatic carbocycles. The van der Waals surface area contributed by atoms with Gasteiger partial charge >= 0.3 is 5.97 Å². The van der Waals surface area contributed by atoms with Crippen molar-refractivity contribution in [2.45, 2.75) is 39.2 Å². The fraction of sp³-hybridized carbons (Fsp3) is 0.333. The zero-order valence-corrected chi connectivity index (χ0v) is 14.7. The van der Waals surface area contributed by atoms with Crippen LogP contribution in [0.15, 0.2) is 48.5 Å². The Bertz CT molecular complexity index is 770. The number of anilines is 1. The molecule has 4 heteroatoms. The van der Waals surface area contributed by atoms with Crippen molar-refractivity contribution in [2.75, 3.05) is 11.5 Å². The molecule has 1 amide bonds. The Kier molecular flexibility index (Phi) is 5.17. The summed E-state index contributed by atoms with van der Waals surface area (Å²) in [5.74, 6) is -0.178. The van der Waals surface area contributed by atoms with Gasteiger partial charge in [-0.2, -0.15) is 0 Å². The summed E-state index contributed by atoms with van der Waals surface area (Å²) in [7, 11) is 0. The number of carbonyl (C=O) groups is 2. The molecule has 130 valence electrons. The summed E-state index contributed by atoms with van der Waals surface area (Å²) in [4.78, 5) is 26.0. The Morgan fingerprint density at radius 2 is 1.88 bits per heavy atom. The molecule has 0 aromatic heterocycles. The Hall–Kier alpha value is -2.62. The number of fused-ring (bicyclic) bond motifs is 1. The monoisotopic (exact) mass is 337 g/mol. The average molecular weight is 337 g/mol. The van der Waals surface area contributed by atoms with E-state index in [0.717, 1.165) is 28.8 Å². The van der Waals surface area contributed by atoms with Gasteiger partial charge in [0.15, 0.2) is 0 Å². The van der Waals surface area contributed by atoms with E-state index in [2.05, 4.69) is 18.2 Å². The van der Waals surface area contributed by atoms with Crippen molar-refractivity contribution in [2.24, 2.45) is 0 Å². The highest BCUT2D eigenvalue weighted by Gasteiger charge is 2.34. The summed E-state index contributed by atoms with van der Waals surface area (Å²) >= 11 is 0. The van der Waals surface area contributed by atoms with E-state index in [4.69, 9.17) is 4.74 Å². The van der Waals surface area contributed by atoms with E-state index in [0.29, 0.717) is 19.4 Å². The number of carbonyl (C=O) groups excluding carboxylic acids is 2. The van der Waals surface area contributed by atoms with Crippen LogP contribution in [-0.4, -0.2) is 18.5 Å². The molecule has 0 radical (unpaired) electrons. The van der Waals surface area contributed by atoms with Crippen LogP contribution in [0.2, 0.25) is 0 Å². The summed E-state index contributed by atoms with van der Waals surface area (Å²) in [6.45, 7) is 3.80. The van der Waals surface area contributed by atoms with E-state index in [1.54, 1.807) is 13.8 Å². The molecule has 25 heavy (non-hydrogen) atoms. The molecule has 1 atom stereocenters. The molecule has 0 saturated heterocycles. The molecule has 0 saturated carbocycles. The minimum absolute atomic E-state index is 0.0115. The van der Waals surface area contributed by atoms with Crippen LogP contribution in [0.3, 0.4) is 0 Å². The predicted octanol–water partition coefficient (Wildman–Crippen LogP) is 3.83. The third-order valence-corrected chi connectivity index (χ3v) is 4.60. The summed E-state index contributed by atoms with van der Waals surface area (Å²) in [6.07, 6.45) is 1.70. The second-order valence-corrected chi connectivity index (χ2v) is 6.25. The molecule has 1 aliphatic heterocycles. The Labute approximate surface area is 148 Å². The van der Waals surface area contributed by atoms with Crippen LogP contribution < -0.4 is 4.90 Å². The van der Waals surface area contributed by atoms with Gasteiger partial charge in [-0.05, 0) is 36.5 Å². The van der Waals surface area contributed by atoms with Gasteiger partial charge in [0.25, 0.3) is 0 Å². The number of para-hydroxylation sites is 1. The van der Waals surface area contributed by atoms with E-state index in [1.807, 2.05) is 35.2 Å². The molecule has 1 aliphatic rings. The lowest BCUT2D eigenvalue weighted by molar-refractivity contribution is -0.143. The number of nitrogens with zero attached hydrogens (tertiary/aromatic N) is 1. The number of amides is 1. The smallest absolute Gasteiger partial charge is 0.306 e. The summed E-state index contributed by atoms with van der Waals surface area (Å²) < 4.78 is 5.03. The van der Waals surface area contributed by atoms with E-state index in [1.165, 1.54) is 0 Å². The molecule has 0 bridgehead atoms. The van der Waals surface area contributed by atoms with Crippen LogP contribution in [-0.2, 0) is 27.2 Å². The number of ether oxygens (including phenoxy) is 1. The van der Waals surface area contributed by atoms with Gasteiger partial charge in [0.05, 0.1) is 18.3 Å². The van der Waals surface area contributed by atoms with Gasteiger partial charge in [-0.25, -0.2) is 0 Å². The zero-order valence-electron chi connectivity index (χ0n) is 14.7. The Morgan fingerprint density at radius 3 is 2.56 bits per heavy atom. The van der Waals surface area contributed by atoms with Crippen LogP contribution >= 0.6 is 0 Å². The average Bonchev–Trinajstić information content (AvgIpc) is 3.01. The Balaban J connectivity index is 1.92. The van der Waals surface area contributed by atoms with Gasteiger partial charge in [0.1, 0.15) is 0 Å². The van der Waals surface area contributed by atoms with Gasteiger partial charge in [-0.1, -0.05) is 48.5 Å². The summed E-state index contributed by atoms with van der Waals surface area (Å²) in [5, 5.41) is 0. The highest BCUT2D eigenvalue weighted by molar-refractivity contribution is 5.96. The second kappa shape index (κ2) is 7.51. The van der Waals surface area contributed by atoms with Gasteiger partial charge in [0.2, 0.25) is 5.91 Å². The number of hydrogen-bond donors (Lipinski definition) is 0. The van der Waals surface area contributed by atoms with Crippen molar-refractivity contribution in [1.29, 1.82) is 0 Å². The number of esters is 1. The molecule has 1 heterocycles. The first-order valence-corrected chi connectivity index (χ1v) is 8.73. The highest BCUT2D eigenvalue weighted by atomic mass is 16.5. The number of aryl methyl sites for hydroxylation is 1. The fourth-order valence-electron chi connectivity index (χ4n) is 3.56. The lowest BCUT2D eigenvalue weighted by Gasteiger charge is -2.26. The SMILES string of the molecule is CCOC(=O)CCc1cccc2c1N(C(C)=O)C(c1ccccc1)C2. The van der Waals surface area contributed by atoms with Gasteiger partial charge in [-0.15, -0.1) is 0 Å². The minimum atomic E-state index is -0.202. The van der Waals surface area contributed by atoms with Gasteiger partial charge in [-0.3, -0.25) is 9.59 Å². The Morgan fingerprint density at radius 1 is 1.12 bits per heavy atom. The molecular formula is C21H23NO3. The molecule has 0 N–H and O–H groups in total. The van der Waals surface area contributed by atoms with Crippen molar-refractivity contribution in [3.05, 3.63) is 65.2 Å². The van der Waals surface area contributed by atoms with Crippen LogP contribution in [0, 0.1) is 0 Å². The van der Waals surface area contributed by atoms with E-state index in [9.17, 15) is 9.59 Å². The molecule has 3 rings (SSSR count). The van der Waals surface area contributed by atoms with Crippen molar-refractivity contribution in [3.8, 4) is 0 Å². The molecule has 1 unspecified atom stereocenters. The fourth-order valence-corrected chi connectivity index (χ4v) is 3.56. The first-order chi connectivity index (χ1) is 12.1. The quantitative estimate of drug-likeness (QED) is 0.779. The third kappa shape index (κ3) is 3.58.